The molecule has 2 N–H and O–H groups in total. The van der Waals surface area contributed by atoms with Gasteiger partial charge in [0.15, 0.2) is 0 Å². The fraction of sp³-hybridized carbons (Fsp3) is 0.235. The van der Waals surface area contributed by atoms with E-state index < -0.39 is 0 Å². The average Bonchev–Trinajstić information content (AvgIpc) is 2.93. The summed E-state index contributed by atoms with van der Waals surface area (Å²) in [5.41, 5.74) is 3.03. The molecule has 0 bridgehead atoms. The van der Waals surface area contributed by atoms with Crippen molar-refractivity contribution in [3.63, 3.8) is 0 Å². The van der Waals surface area contributed by atoms with Crippen LogP contribution < -0.4 is 10.2 Å². The first-order valence-corrected chi connectivity index (χ1v) is 7.14. The summed E-state index contributed by atoms with van der Waals surface area (Å²) >= 11 is 0. The number of phenolic OH excluding ortho intramolecular Hbond substituents is 1. The third-order valence-corrected chi connectivity index (χ3v) is 3.66. The molecule has 1 fully saturated rings. The van der Waals surface area contributed by atoms with Gasteiger partial charge >= 0.3 is 0 Å². The number of phenols is 1. The molecule has 0 saturated carbocycles. The predicted octanol–water partition coefficient (Wildman–Crippen LogP) is 3.13. The van der Waals surface area contributed by atoms with E-state index in [9.17, 15) is 9.90 Å². The van der Waals surface area contributed by atoms with Crippen molar-refractivity contribution in [1.29, 1.82) is 0 Å². The molecule has 21 heavy (non-hydrogen) atoms. The highest BCUT2D eigenvalue weighted by Crippen LogP contribution is 2.24. The quantitative estimate of drug-likeness (QED) is 0.906. The van der Waals surface area contributed by atoms with Gasteiger partial charge in [0.05, 0.1) is 0 Å². The molecule has 0 aliphatic carbocycles. The first kappa shape index (κ1) is 13.5. The van der Waals surface area contributed by atoms with Crippen molar-refractivity contribution in [2.45, 2.75) is 19.4 Å². The minimum atomic E-state index is 0.200. The van der Waals surface area contributed by atoms with Gasteiger partial charge in [-0.2, -0.15) is 0 Å². The molecule has 108 valence electrons. The van der Waals surface area contributed by atoms with Gasteiger partial charge in [0, 0.05) is 30.9 Å². The zero-order valence-corrected chi connectivity index (χ0v) is 11.7. The summed E-state index contributed by atoms with van der Waals surface area (Å²) in [6.07, 6.45) is 1.58. The van der Waals surface area contributed by atoms with Crippen LogP contribution in [-0.2, 0) is 11.3 Å². The molecule has 1 amide bonds. The van der Waals surface area contributed by atoms with Gasteiger partial charge in [-0.3, -0.25) is 4.79 Å². The Labute approximate surface area is 124 Å². The molecule has 0 radical (unpaired) electrons. The normalized spacial score (nSPS) is 14.5. The van der Waals surface area contributed by atoms with Crippen LogP contribution in [0.15, 0.2) is 48.5 Å². The lowest BCUT2D eigenvalue weighted by atomic mass is 10.2. The Morgan fingerprint density at radius 1 is 1.14 bits per heavy atom. The molecule has 0 aromatic heterocycles. The first-order chi connectivity index (χ1) is 10.2. The van der Waals surface area contributed by atoms with Gasteiger partial charge in [-0.25, -0.2) is 0 Å². The van der Waals surface area contributed by atoms with Crippen molar-refractivity contribution in [3.05, 3.63) is 54.1 Å². The predicted molar refractivity (Wildman–Crippen MR) is 83.5 cm³/mol. The van der Waals surface area contributed by atoms with Crippen LogP contribution in [-0.4, -0.2) is 17.6 Å². The highest BCUT2D eigenvalue weighted by Gasteiger charge is 2.21. The number of aromatic hydroxyl groups is 1. The summed E-state index contributed by atoms with van der Waals surface area (Å²) in [7, 11) is 0. The summed E-state index contributed by atoms with van der Waals surface area (Å²) in [5, 5.41) is 12.6. The maximum absolute atomic E-state index is 11.8. The summed E-state index contributed by atoms with van der Waals surface area (Å²) in [4.78, 5) is 13.6. The lowest BCUT2D eigenvalue weighted by molar-refractivity contribution is -0.117. The molecule has 0 unspecified atom stereocenters. The van der Waals surface area contributed by atoms with Crippen LogP contribution in [0.1, 0.15) is 18.4 Å². The molecule has 1 heterocycles. The van der Waals surface area contributed by atoms with Gasteiger partial charge in [0.25, 0.3) is 0 Å². The maximum Gasteiger partial charge on any atom is 0.227 e. The number of carbonyl (C=O) groups excluding carboxylic acids is 1. The van der Waals surface area contributed by atoms with E-state index in [1.165, 1.54) is 0 Å². The van der Waals surface area contributed by atoms with E-state index in [2.05, 4.69) is 5.32 Å². The molecule has 1 saturated heterocycles. The van der Waals surface area contributed by atoms with E-state index in [0.717, 1.165) is 29.9 Å². The Morgan fingerprint density at radius 3 is 2.67 bits per heavy atom. The zero-order valence-electron chi connectivity index (χ0n) is 11.7. The molecular weight excluding hydrogens is 264 g/mol. The number of benzene rings is 2. The minimum absolute atomic E-state index is 0.200. The number of nitrogens with zero attached hydrogens (tertiary/aromatic N) is 1. The summed E-state index contributed by atoms with van der Waals surface area (Å²) in [6, 6.07) is 15.0. The first-order valence-electron chi connectivity index (χ1n) is 7.14. The average molecular weight is 282 g/mol. The smallest absolute Gasteiger partial charge is 0.227 e. The van der Waals surface area contributed by atoms with Gasteiger partial charge in [0.1, 0.15) is 5.75 Å². The summed E-state index contributed by atoms with van der Waals surface area (Å²) in [6.45, 7) is 1.48. The molecule has 1 aliphatic heterocycles. The van der Waals surface area contributed by atoms with Crippen LogP contribution in [0, 0.1) is 0 Å². The van der Waals surface area contributed by atoms with Crippen LogP contribution in [0.25, 0.3) is 0 Å². The summed E-state index contributed by atoms with van der Waals surface area (Å²) < 4.78 is 0. The lowest BCUT2D eigenvalue weighted by Gasteiger charge is -2.17. The second-order valence-electron chi connectivity index (χ2n) is 5.22. The molecular formula is C17H18N2O2. The number of nitrogens with one attached hydrogen (secondary N) is 1. The molecule has 1 aliphatic rings. The van der Waals surface area contributed by atoms with E-state index in [1.54, 1.807) is 12.1 Å². The minimum Gasteiger partial charge on any atom is -0.508 e. The highest BCUT2D eigenvalue weighted by molar-refractivity contribution is 5.95. The van der Waals surface area contributed by atoms with Crippen LogP contribution in [0.3, 0.4) is 0 Å². The van der Waals surface area contributed by atoms with E-state index in [-0.39, 0.29) is 11.7 Å². The Hall–Kier alpha value is -2.49. The SMILES string of the molecule is O=C1CCCN1c1cccc(NCc2ccc(O)cc2)c1. The van der Waals surface area contributed by atoms with E-state index in [1.807, 2.05) is 41.3 Å². The van der Waals surface area contributed by atoms with Crippen molar-refractivity contribution < 1.29 is 9.90 Å². The topological polar surface area (TPSA) is 52.6 Å². The van der Waals surface area contributed by atoms with Gasteiger partial charge in [0.2, 0.25) is 5.91 Å². The van der Waals surface area contributed by atoms with Crippen molar-refractivity contribution in [2.75, 3.05) is 16.8 Å². The number of hydrogen-bond donors (Lipinski definition) is 2. The standard InChI is InChI=1S/C17H18N2O2/c20-16-8-6-13(7-9-16)12-18-14-3-1-4-15(11-14)19-10-2-5-17(19)21/h1,3-4,6-9,11,18,20H,2,5,10,12H2. The van der Waals surface area contributed by atoms with Crippen LogP contribution >= 0.6 is 0 Å². The fourth-order valence-corrected chi connectivity index (χ4v) is 2.52. The lowest BCUT2D eigenvalue weighted by Crippen LogP contribution is -2.23. The van der Waals surface area contributed by atoms with Gasteiger partial charge in [-0.05, 0) is 42.3 Å². The van der Waals surface area contributed by atoms with Crippen LogP contribution in [0.2, 0.25) is 0 Å². The molecule has 3 rings (SSSR count). The van der Waals surface area contributed by atoms with Crippen LogP contribution in [0.4, 0.5) is 11.4 Å². The highest BCUT2D eigenvalue weighted by atomic mass is 16.3. The van der Waals surface area contributed by atoms with Gasteiger partial charge < -0.3 is 15.3 Å². The number of hydrogen-bond acceptors (Lipinski definition) is 3. The second kappa shape index (κ2) is 5.87. The number of rotatable bonds is 4. The Bertz CT molecular complexity index is 637. The molecule has 0 atom stereocenters. The number of amides is 1. The molecule has 2 aromatic rings. The van der Waals surface area contributed by atoms with Gasteiger partial charge in [-0.1, -0.05) is 18.2 Å². The van der Waals surface area contributed by atoms with Crippen molar-refractivity contribution >= 4 is 17.3 Å². The van der Waals surface area contributed by atoms with Crippen molar-refractivity contribution in [1.82, 2.24) is 0 Å². The largest absolute Gasteiger partial charge is 0.508 e. The Morgan fingerprint density at radius 2 is 1.95 bits per heavy atom. The van der Waals surface area contributed by atoms with Gasteiger partial charge in [-0.15, -0.1) is 0 Å². The Kier molecular flexibility index (Phi) is 3.77. The number of carbonyl (C=O) groups is 1. The molecule has 0 spiro atoms. The van der Waals surface area contributed by atoms with E-state index >= 15 is 0 Å². The zero-order chi connectivity index (χ0) is 14.7. The third kappa shape index (κ3) is 3.16. The second-order valence-corrected chi connectivity index (χ2v) is 5.22. The van der Waals surface area contributed by atoms with E-state index in [4.69, 9.17) is 0 Å². The Balaban J connectivity index is 1.68. The summed E-state index contributed by atoms with van der Waals surface area (Å²) in [5.74, 6) is 0.471. The maximum atomic E-state index is 11.8. The van der Waals surface area contributed by atoms with Crippen LogP contribution in [0.5, 0.6) is 5.75 Å². The monoisotopic (exact) mass is 282 g/mol. The third-order valence-electron chi connectivity index (χ3n) is 3.66. The molecule has 4 heteroatoms. The van der Waals surface area contributed by atoms with E-state index in [0.29, 0.717) is 13.0 Å². The molecule has 4 nitrogen and oxygen atoms in total. The van der Waals surface area contributed by atoms with Crippen molar-refractivity contribution in [3.8, 4) is 5.75 Å². The number of anilines is 2. The molecule has 2 aromatic carbocycles. The van der Waals surface area contributed by atoms with Crippen molar-refractivity contribution in [2.24, 2.45) is 0 Å². The fourth-order valence-electron chi connectivity index (χ4n) is 2.52.